The van der Waals surface area contributed by atoms with Gasteiger partial charge in [-0.15, -0.1) is 0 Å². The Hall–Kier alpha value is -2.87. The second-order valence-corrected chi connectivity index (χ2v) is 9.58. The number of benzene rings is 3. The van der Waals surface area contributed by atoms with Gasteiger partial charge in [0.25, 0.3) is 0 Å². The van der Waals surface area contributed by atoms with Gasteiger partial charge < -0.3 is 4.74 Å². The largest absolute Gasteiger partial charge is 0.456 e. The van der Waals surface area contributed by atoms with E-state index in [1.165, 1.54) is 32.8 Å². The second-order valence-electron chi connectivity index (χ2n) is 9.58. The van der Waals surface area contributed by atoms with Gasteiger partial charge in [0.2, 0.25) is 0 Å². The van der Waals surface area contributed by atoms with Crippen LogP contribution in [0.15, 0.2) is 48.7 Å². The molecule has 0 saturated heterocycles. The molecule has 4 aromatic rings. The summed E-state index contributed by atoms with van der Waals surface area (Å²) < 4.78 is 6.57. The number of fused-ring (bicyclic) bond motifs is 3. The van der Waals surface area contributed by atoms with E-state index < -0.39 is 0 Å². The van der Waals surface area contributed by atoms with Gasteiger partial charge in [-0.05, 0) is 77.1 Å². The van der Waals surface area contributed by atoms with Gasteiger partial charge in [0.15, 0.2) is 0 Å². The van der Waals surface area contributed by atoms with Crippen LogP contribution in [0.3, 0.4) is 0 Å². The summed E-state index contributed by atoms with van der Waals surface area (Å²) in [4.78, 5) is 4.81. The van der Waals surface area contributed by atoms with E-state index >= 15 is 0 Å². The molecule has 0 bridgehead atoms. The quantitative estimate of drug-likeness (QED) is 0.309. The van der Waals surface area contributed by atoms with Crippen molar-refractivity contribution in [1.29, 1.82) is 0 Å². The van der Waals surface area contributed by atoms with E-state index in [1.807, 2.05) is 6.20 Å². The summed E-state index contributed by atoms with van der Waals surface area (Å²) in [5.74, 6) is 3.15. The van der Waals surface area contributed by atoms with E-state index in [-0.39, 0.29) is 0 Å². The zero-order chi connectivity index (χ0) is 21.0. The number of hydrogen-bond donors (Lipinski definition) is 0. The minimum absolute atomic E-state index is 0.609. The maximum Gasteiger partial charge on any atom is 0.140 e. The number of hydrogen-bond acceptors (Lipinski definition) is 2. The molecule has 0 saturated carbocycles. The van der Waals surface area contributed by atoms with E-state index in [0.717, 1.165) is 41.0 Å². The molecule has 1 aliphatic rings. The van der Waals surface area contributed by atoms with Crippen LogP contribution >= 0.6 is 0 Å². The Morgan fingerprint density at radius 1 is 0.833 bits per heavy atom. The summed E-state index contributed by atoms with van der Waals surface area (Å²) >= 11 is 0. The third kappa shape index (κ3) is 3.15. The van der Waals surface area contributed by atoms with Crippen LogP contribution in [-0.2, 0) is 12.8 Å². The van der Waals surface area contributed by atoms with Crippen LogP contribution in [0.5, 0.6) is 11.5 Å². The van der Waals surface area contributed by atoms with Crippen molar-refractivity contribution >= 4 is 21.5 Å². The zero-order valence-corrected chi connectivity index (χ0v) is 18.5. The lowest BCUT2D eigenvalue weighted by Gasteiger charge is -2.24. The van der Waals surface area contributed by atoms with Crippen molar-refractivity contribution in [2.45, 2.75) is 47.5 Å². The van der Waals surface area contributed by atoms with Crippen molar-refractivity contribution in [3.05, 3.63) is 65.4 Å². The van der Waals surface area contributed by atoms with Crippen LogP contribution in [-0.4, -0.2) is 4.98 Å². The van der Waals surface area contributed by atoms with Crippen molar-refractivity contribution in [3.8, 4) is 22.8 Å². The van der Waals surface area contributed by atoms with E-state index in [1.54, 1.807) is 0 Å². The maximum absolute atomic E-state index is 6.57. The molecule has 0 atom stereocenters. The summed E-state index contributed by atoms with van der Waals surface area (Å²) in [6.45, 7) is 11.2. The second kappa shape index (κ2) is 7.12. The van der Waals surface area contributed by atoms with E-state index in [2.05, 4.69) is 77.1 Å². The van der Waals surface area contributed by atoms with Crippen molar-refractivity contribution in [1.82, 2.24) is 4.98 Å². The number of aryl methyl sites for hydroxylation is 1. The zero-order valence-electron chi connectivity index (χ0n) is 18.5. The Morgan fingerprint density at radius 2 is 1.57 bits per heavy atom. The average molecular weight is 396 g/mol. The molecule has 0 unspecified atom stereocenters. The SMILES string of the molecule is Cc1c2c(cc3cc(CC(C)C)ccc13)-c1nccc3cc(CC(C)C)cc(c13)O2. The summed E-state index contributed by atoms with van der Waals surface area (Å²) in [5.41, 5.74) is 6.05. The molecular formula is C28H29NO. The van der Waals surface area contributed by atoms with Crippen LogP contribution in [0.2, 0.25) is 0 Å². The molecule has 0 aliphatic carbocycles. The molecule has 0 fully saturated rings. The average Bonchev–Trinajstić information content (AvgIpc) is 2.68. The fourth-order valence-electron chi connectivity index (χ4n) is 4.85. The molecular weight excluding hydrogens is 366 g/mol. The minimum Gasteiger partial charge on any atom is -0.456 e. The van der Waals surface area contributed by atoms with Crippen LogP contribution in [0.25, 0.3) is 32.8 Å². The molecule has 0 radical (unpaired) electrons. The molecule has 0 spiro atoms. The number of pyridine rings is 1. The molecule has 152 valence electrons. The molecule has 3 aromatic carbocycles. The van der Waals surface area contributed by atoms with Crippen LogP contribution < -0.4 is 4.74 Å². The Kier molecular flexibility index (Phi) is 4.54. The first-order valence-electron chi connectivity index (χ1n) is 11.1. The van der Waals surface area contributed by atoms with Crippen molar-refractivity contribution in [2.24, 2.45) is 11.8 Å². The number of aromatic nitrogens is 1. The number of rotatable bonds is 4. The Labute approximate surface area is 178 Å². The number of ether oxygens (including phenoxy) is 1. The Balaban J connectivity index is 1.74. The van der Waals surface area contributed by atoms with Crippen LogP contribution in [0, 0.1) is 18.8 Å². The summed E-state index contributed by atoms with van der Waals surface area (Å²) in [6, 6.07) is 15.7. The van der Waals surface area contributed by atoms with Crippen LogP contribution in [0.4, 0.5) is 0 Å². The fraction of sp³-hybridized carbons (Fsp3) is 0.321. The molecule has 0 N–H and O–H groups in total. The van der Waals surface area contributed by atoms with Gasteiger partial charge in [0, 0.05) is 17.3 Å². The highest BCUT2D eigenvalue weighted by atomic mass is 16.5. The van der Waals surface area contributed by atoms with E-state index in [4.69, 9.17) is 9.72 Å². The summed E-state index contributed by atoms with van der Waals surface area (Å²) in [6.07, 6.45) is 4.08. The predicted octanol–water partition coefficient (Wildman–Crippen LogP) is 7.87. The van der Waals surface area contributed by atoms with Gasteiger partial charge in [0.05, 0.1) is 11.1 Å². The molecule has 2 heterocycles. The molecule has 1 aromatic heterocycles. The lowest BCUT2D eigenvalue weighted by molar-refractivity contribution is 0.482. The van der Waals surface area contributed by atoms with Gasteiger partial charge >= 0.3 is 0 Å². The monoisotopic (exact) mass is 395 g/mol. The fourth-order valence-corrected chi connectivity index (χ4v) is 4.85. The normalized spacial score (nSPS) is 12.6. The highest BCUT2D eigenvalue weighted by Crippen LogP contribution is 2.49. The smallest absolute Gasteiger partial charge is 0.140 e. The molecule has 2 heteroatoms. The third-order valence-corrected chi connectivity index (χ3v) is 6.05. The van der Waals surface area contributed by atoms with Gasteiger partial charge in [-0.2, -0.15) is 0 Å². The first kappa shape index (κ1) is 19.1. The van der Waals surface area contributed by atoms with Gasteiger partial charge in [-0.3, -0.25) is 4.98 Å². The van der Waals surface area contributed by atoms with Gasteiger partial charge in [0.1, 0.15) is 11.5 Å². The van der Waals surface area contributed by atoms with Gasteiger partial charge in [-0.25, -0.2) is 0 Å². The minimum atomic E-state index is 0.609. The van der Waals surface area contributed by atoms with E-state index in [0.29, 0.717) is 11.8 Å². The topological polar surface area (TPSA) is 22.1 Å². The molecule has 0 amide bonds. The predicted molar refractivity (Wildman–Crippen MR) is 127 cm³/mol. The summed E-state index contributed by atoms with van der Waals surface area (Å²) in [7, 11) is 0. The molecule has 30 heavy (non-hydrogen) atoms. The van der Waals surface area contributed by atoms with Gasteiger partial charge in [-0.1, -0.05) is 52.0 Å². The molecule has 5 rings (SSSR count). The van der Waals surface area contributed by atoms with E-state index in [9.17, 15) is 0 Å². The van der Waals surface area contributed by atoms with Crippen LogP contribution in [0.1, 0.15) is 44.4 Å². The Morgan fingerprint density at radius 3 is 2.33 bits per heavy atom. The van der Waals surface area contributed by atoms with Crippen molar-refractivity contribution in [3.63, 3.8) is 0 Å². The lowest BCUT2D eigenvalue weighted by Crippen LogP contribution is -2.03. The first-order chi connectivity index (χ1) is 14.4. The van der Waals surface area contributed by atoms with Crippen molar-refractivity contribution < 1.29 is 4.74 Å². The highest BCUT2D eigenvalue weighted by Gasteiger charge is 2.25. The standard InChI is InChI=1S/C28H29NO/c1-16(2)10-19-6-7-23-18(5)28-24(15-22(23)12-19)27-26-21(8-9-29-27)13-20(11-17(3)4)14-25(26)30-28/h6-9,12-17H,10-11H2,1-5H3. The molecule has 2 nitrogen and oxygen atoms in total. The Bertz CT molecular complexity index is 1280. The lowest BCUT2D eigenvalue weighted by atomic mass is 9.91. The number of nitrogens with zero attached hydrogens (tertiary/aromatic N) is 1. The maximum atomic E-state index is 6.57. The molecule has 1 aliphatic heterocycles. The highest BCUT2D eigenvalue weighted by molar-refractivity contribution is 6.05. The van der Waals surface area contributed by atoms with Crippen molar-refractivity contribution in [2.75, 3.05) is 0 Å². The third-order valence-electron chi connectivity index (χ3n) is 6.05. The first-order valence-corrected chi connectivity index (χ1v) is 11.1. The summed E-state index contributed by atoms with van der Waals surface area (Å²) in [5, 5.41) is 4.88.